The number of piperidine rings is 1. The zero-order valence-corrected chi connectivity index (χ0v) is 18.1. The van der Waals surface area contributed by atoms with Crippen molar-refractivity contribution in [3.63, 3.8) is 0 Å². The van der Waals surface area contributed by atoms with Gasteiger partial charge in [-0.2, -0.15) is 0 Å². The van der Waals surface area contributed by atoms with Crippen molar-refractivity contribution >= 4 is 11.5 Å². The molecule has 30 heavy (non-hydrogen) atoms. The van der Waals surface area contributed by atoms with Crippen LogP contribution in [0.3, 0.4) is 0 Å². The molecule has 158 valence electrons. The minimum Gasteiger partial charge on any atom is -0.358 e. The maximum atomic E-state index is 4.90. The van der Waals surface area contributed by atoms with Crippen molar-refractivity contribution < 1.29 is 0 Å². The van der Waals surface area contributed by atoms with Crippen LogP contribution in [0.5, 0.6) is 0 Å². The first-order valence-corrected chi connectivity index (χ1v) is 11.2. The van der Waals surface area contributed by atoms with Gasteiger partial charge in [-0.25, -0.2) is 4.98 Å². The fourth-order valence-electron chi connectivity index (χ4n) is 5.04. The summed E-state index contributed by atoms with van der Waals surface area (Å²) in [6, 6.07) is 11.7. The van der Waals surface area contributed by atoms with Gasteiger partial charge in [-0.3, -0.25) is 9.38 Å². The third-order valence-electron chi connectivity index (χ3n) is 6.76. The molecule has 2 aliphatic rings. The van der Waals surface area contributed by atoms with E-state index in [2.05, 4.69) is 69.1 Å². The second-order valence-corrected chi connectivity index (χ2v) is 8.90. The van der Waals surface area contributed by atoms with Gasteiger partial charge >= 0.3 is 0 Å². The summed E-state index contributed by atoms with van der Waals surface area (Å²) < 4.78 is 2.26. The highest BCUT2D eigenvalue weighted by Gasteiger charge is 2.23. The Hall–Kier alpha value is -2.44. The Morgan fingerprint density at radius 3 is 2.80 bits per heavy atom. The molecule has 0 aromatic carbocycles. The molecule has 1 unspecified atom stereocenters. The Morgan fingerprint density at radius 1 is 1.10 bits per heavy atom. The Morgan fingerprint density at radius 2 is 1.97 bits per heavy atom. The van der Waals surface area contributed by atoms with E-state index in [0.717, 1.165) is 43.8 Å². The third-order valence-corrected chi connectivity index (χ3v) is 6.76. The molecule has 1 fully saturated rings. The fourth-order valence-corrected chi connectivity index (χ4v) is 5.04. The first-order valence-electron chi connectivity index (χ1n) is 11.2. The molecule has 5 rings (SSSR count). The molecule has 1 N–H and O–H groups in total. The van der Waals surface area contributed by atoms with Gasteiger partial charge in [0.25, 0.3) is 0 Å². The SMILES string of the molecule is CN(C)C1CCN(c2cccc3nc(CNC4CCCc5cccnc54)cn23)CC1. The van der Waals surface area contributed by atoms with Crippen LogP contribution in [0, 0.1) is 0 Å². The Bertz CT molecular complexity index is 1000. The van der Waals surface area contributed by atoms with Gasteiger partial charge in [0.05, 0.1) is 17.4 Å². The van der Waals surface area contributed by atoms with Crippen molar-refractivity contribution in [3.05, 3.63) is 59.7 Å². The number of hydrogen-bond acceptors (Lipinski definition) is 5. The molecule has 3 aromatic rings. The highest BCUT2D eigenvalue weighted by molar-refractivity contribution is 5.52. The summed E-state index contributed by atoms with van der Waals surface area (Å²) in [5, 5.41) is 3.71. The van der Waals surface area contributed by atoms with E-state index in [4.69, 9.17) is 4.98 Å². The fraction of sp³-hybridized carbons (Fsp3) is 0.500. The summed E-state index contributed by atoms with van der Waals surface area (Å²) in [6.45, 7) is 2.96. The summed E-state index contributed by atoms with van der Waals surface area (Å²) in [7, 11) is 4.38. The summed E-state index contributed by atoms with van der Waals surface area (Å²) in [4.78, 5) is 14.4. The number of hydrogen-bond donors (Lipinski definition) is 1. The van der Waals surface area contributed by atoms with Crippen LogP contribution < -0.4 is 10.2 Å². The lowest BCUT2D eigenvalue weighted by Crippen LogP contribution is -2.42. The Kier molecular flexibility index (Phi) is 5.44. The van der Waals surface area contributed by atoms with Crippen LogP contribution in [0.25, 0.3) is 5.65 Å². The van der Waals surface area contributed by atoms with Crippen molar-refractivity contribution in [1.82, 2.24) is 24.6 Å². The maximum Gasteiger partial charge on any atom is 0.138 e. The molecule has 0 saturated carbocycles. The number of pyridine rings is 2. The molecule has 1 aliphatic heterocycles. The van der Waals surface area contributed by atoms with Gasteiger partial charge < -0.3 is 15.1 Å². The van der Waals surface area contributed by atoms with E-state index in [1.165, 1.54) is 36.3 Å². The van der Waals surface area contributed by atoms with E-state index in [9.17, 15) is 0 Å². The zero-order chi connectivity index (χ0) is 20.5. The van der Waals surface area contributed by atoms with E-state index < -0.39 is 0 Å². The molecule has 6 nitrogen and oxygen atoms in total. The lowest BCUT2D eigenvalue weighted by Gasteiger charge is -2.36. The van der Waals surface area contributed by atoms with Crippen molar-refractivity contribution in [3.8, 4) is 0 Å². The number of anilines is 1. The first-order chi connectivity index (χ1) is 14.7. The van der Waals surface area contributed by atoms with Crippen LogP contribution in [0.1, 0.15) is 48.7 Å². The highest BCUT2D eigenvalue weighted by atomic mass is 15.2. The Labute approximate surface area is 178 Å². The second kappa shape index (κ2) is 8.36. The first kappa shape index (κ1) is 19.5. The van der Waals surface area contributed by atoms with Gasteiger partial charge in [0, 0.05) is 38.1 Å². The molecule has 0 bridgehead atoms. The summed E-state index contributed by atoms with van der Waals surface area (Å²) in [6.07, 6.45) is 10.0. The van der Waals surface area contributed by atoms with Crippen molar-refractivity contribution in [1.29, 1.82) is 0 Å². The molecule has 3 aromatic heterocycles. The van der Waals surface area contributed by atoms with E-state index >= 15 is 0 Å². The number of fused-ring (bicyclic) bond motifs is 2. The molecule has 4 heterocycles. The number of nitrogens with zero attached hydrogens (tertiary/aromatic N) is 5. The third kappa shape index (κ3) is 3.82. The number of aryl methyl sites for hydroxylation is 1. The van der Waals surface area contributed by atoms with Crippen LogP contribution in [0.4, 0.5) is 5.82 Å². The van der Waals surface area contributed by atoms with Crippen molar-refractivity contribution in [2.75, 3.05) is 32.1 Å². The van der Waals surface area contributed by atoms with Crippen LogP contribution >= 0.6 is 0 Å². The van der Waals surface area contributed by atoms with Crippen LogP contribution in [0.15, 0.2) is 42.7 Å². The van der Waals surface area contributed by atoms with Crippen LogP contribution in [-0.4, -0.2) is 52.5 Å². The molecule has 0 spiro atoms. The highest BCUT2D eigenvalue weighted by Crippen LogP contribution is 2.28. The Balaban J connectivity index is 1.31. The van der Waals surface area contributed by atoms with Crippen molar-refractivity contribution in [2.24, 2.45) is 0 Å². The zero-order valence-electron chi connectivity index (χ0n) is 18.1. The molecule has 1 aliphatic carbocycles. The van der Waals surface area contributed by atoms with Gasteiger partial charge in [0.1, 0.15) is 11.5 Å². The molecule has 6 heteroatoms. The molecular formula is C24H32N6. The summed E-state index contributed by atoms with van der Waals surface area (Å²) in [5.41, 5.74) is 4.73. The predicted molar refractivity (Wildman–Crippen MR) is 121 cm³/mol. The van der Waals surface area contributed by atoms with E-state index in [1.807, 2.05) is 12.3 Å². The minimum absolute atomic E-state index is 0.323. The lowest BCUT2D eigenvalue weighted by molar-refractivity contribution is 0.249. The second-order valence-electron chi connectivity index (χ2n) is 8.90. The molecule has 0 amide bonds. The summed E-state index contributed by atoms with van der Waals surface area (Å²) >= 11 is 0. The topological polar surface area (TPSA) is 48.7 Å². The number of rotatable bonds is 5. The maximum absolute atomic E-state index is 4.90. The number of nitrogens with one attached hydrogen (secondary N) is 1. The standard InChI is InChI=1S/C24H32N6/c1-28(2)20-11-14-29(15-12-20)23-10-4-9-22-27-19(17-30(22)23)16-26-21-8-3-6-18-7-5-13-25-24(18)21/h4-5,7,9-10,13,17,20-21,26H,3,6,8,11-12,14-16H2,1-2H3. The molecule has 1 atom stereocenters. The van der Waals surface area contributed by atoms with Gasteiger partial charge in [-0.15, -0.1) is 0 Å². The van der Waals surface area contributed by atoms with E-state index in [0.29, 0.717) is 12.1 Å². The monoisotopic (exact) mass is 404 g/mol. The van der Waals surface area contributed by atoms with Gasteiger partial charge in [0.15, 0.2) is 0 Å². The van der Waals surface area contributed by atoms with E-state index in [1.54, 1.807) is 0 Å². The predicted octanol–water partition coefficient (Wildman–Crippen LogP) is 3.43. The number of imidazole rings is 1. The number of aromatic nitrogens is 3. The quantitative estimate of drug-likeness (QED) is 0.706. The molecule has 1 saturated heterocycles. The molecular weight excluding hydrogens is 372 g/mol. The van der Waals surface area contributed by atoms with Crippen LogP contribution in [-0.2, 0) is 13.0 Å². The van der Waals surface area contributed by atoms with Gasteiger partial charge in [-0.1, -0.05) is 12.1 Å². The average molecular weight is 405 g/mol. The largest absolute Gasteiger partial charge is 0.358 e. The average Bonchev–Trinajstić information content (AvgIpc) is 3.21. The normalized spacial score (nSPS) is 20.1. The van der Waals surface area contributed by atoms with Gasteiger partial charge in [0.2, 0.25) is 0 Å². The lowest BCUT2D eigenvalue weighted by atomic mass is 9.92. The molecule has 0 radical (unpaired) electrons. The van der Waals surface area contributed by atoms with Gasteiger partial charge in [-0.05, 0) is 70.0 Å². The van der Waals surface area contributed by atoms with Crippen LogP contribution in [0.2, 0.25) is 0 Å². The smallest absolute Gasteiger partial charge is 0.138 e. The van der Waals surface area contributed by atoms with E-state index in [-0.39, 0.29) is 0 Å². The minimum atomic E-state index is 0.323. The van der Waals surface area contributed by atoms with Crippen molar-refractivity contribution in [2.45, 2.75) is 50.7 Å². The summed E-state index contributed by atoms with van der Waals surface area (Å²) in [5.74, 6) is 1.26.